The second-order valence-electron chi connectivity index (χ2n) is 2.47. The maximum absolute atomic E-state index is 8.59. The summed E-state index contributed by atoms with van der Waals surface area (Å²) < 4.78 is 9.84. The molecule has 4 heteroatoms. The third-order valence-corrected chi connectivity index (χ3v) is 1.56. The van der Waals surface area contributed by atoms with Gasteiger partial charge in [0.05, 0.1) is 19.8 Å². The van der Waals surface area contributed by atoms with Crippen molar-refractivity contribution in [1.29, 1.82) is 0 Å². The van der Waals surface area contributed by atoms with Crippen molar-refractivity contribution in [3.05, 3.63) is 6.61 Å². The summed E-state index contributed by atoms with van der Waals surface area (Å²) in [6.07, 6.45) is 0. The van der Waals surface area contributed by atoms with Crippen molar-refractivity contribution >= 4 is 0 Å². The molecule has 0 aliphatic carbocycles. The first-order valence-corrected chi connectivity index (χ1v) is 4.01. The van der Waals surface area contributed by atoms with E-state index in [1.807, 2.05) is 4.90 Å². The molecule has 0 aromatic heterocycles. The van der Waals surface area contributed by atoms with Gasteiger partial charge in [0, 0.05) is 33.9 Å². The van der Waals surface area contributed by atoms with E-state index in [9.17, 15) is 0 Å². The molecule has 73 valence electrons. The second-order valence-corrected chi connectivity index (χ2v) is 2.47. The van der Waals surface area contributed by atoms with E-state index in [-0.39, 0.29) is 0 Å². The van der Waals surface area contributed by atoms with Crippen LogP contribution in [0, 0.1) is 6.61 Å². The van der Waals surface area contributed by atoms with E-state index in [2.05, 4.69) is 0 Å². The molecule has 4 nitrogen and oxygen atoms in total. The summed E-state index contributed by atoms with van der Waals surface area (Å²) in [5.41, 5.74) is 0. The molecule has 0 unspecified atom stereocenters. The standard InChI is InChI=1S/C8H18NO3/c1-11-7-4-9(3-6-10)5-8-12-2/h6,10H,3-5,7-8H2,1-2H3. The quantitative estimate of drug-likeness (QED) is 0.570. The summed E-state index contributed by atoms with van der Waals surface area (Å²) in [7, 11) is 3.33. The van der Waals surface area contributed by atoms with Gasteiger partial charge in [0.15, 0.2) is 0 Å². The van der Waals surface area contributed by atoms with Crippen LogP contribution >= 0.6 is 0 Å². The molecule has 0 aliphatic rings. The molecule has 0 spiro atoms. The van der Waals surface area contributed by atoms with Gasteiger partial charge in [0.25, 0.3) is 0 Å². The minimum Gasteiger partial charge on any atom is -0.389 e. The highest BCUT2D eigenvalue weighted by molar-refractivity contribution is 4.61. The lowest BCUT2D eigenvalue weighted by Gasteiger charge is -2.19. The number of nitrogens with zero attached hydrogens (tertiary/aromatic N) is 1. The molecule has 0 heterocycles. The number of aliphatic hydroxyl groups excluding tert-OH is 1. The average Bonchev–Trinajstić information content (AvgIpc) is 2.10. The highest BCUT2D eigenvalue weighted by Crippen LogP contribution is 1.89. The Bertz CT molecular complexity index is 82.4. The number of hydrogen-bond acceptors (Lipinski definition) is 4. The van der Waals surface area contributed by atoms with Crippen LogP contribution in [0.2, 0.25) is 0 Å². The molecule has 0 rings (SSSR count). The van der Waals surface area contributed by atoms with Gasteiger partial charge in [-0.15, -0.1) is 0 Å². The van der Waals surface area contributed by atoms with Crippen LogP contribution in [-0.4, -0.2) is 57.1 Å². The first kappa shape index (κ1) is 11.8. The summed E-state index contributed by atoms with van der Waals surface area (Å²) in [6.45, 7) is 4.70. The predicted molar refractivity (Wildman–Crippen MR) is 46.4 cm³/mol. The van der Waals surface area contributed by atoms with Crippen LogP contribution in [0.1, 0.15) is 0 Å². The Hall–Kier alpha value is -0.160. The summed E-state index contributed by atoms with van der Waals surface area (Å²) in [5, 5.41) is 8.59. The van der Waals surface area contributed by atoms with Gasteiger partial charge in [0.2, 0.25) is 0 Å². The molecule has 1 radical (unpaired) electrons. The normalized spacial score (nSPS) is 11.0. The van der Waals surface area contributed by atoms with E-state index in [0.29, 0.717) is 19.8 Å². The second kappa shape index (κ2) is 8.93. The molecule has 0 saturated heterocycles. The van der Waals surface area contributed by atoms with Crippen molar-refractivity contribution < 1.29 is 14.6 Å². The van der Waals surface area contributed by atoms with E-state index in [0.717, 1.165) is 19.7 Å². The third-order valence-electron chi connectivity index (χ3n) is 1.56. The SMILES string of the molecule is COCCN(C[CH]O)CCOC. The Morgan fingerprint density at radius 1 is 1.17 bits per heavy atom. The summed E-state index contributed by atoms with van der Waals surface area (Å²) >= 11 is 0. The largest absolute Gasteiger partial charge is 0.389 e. The molecule has 0 aromatic carbocycles. The Morgan fingerprint density at radius 2 is 1.67 bits per heavy atom. The van der Waals surface area contributed by atoms with E-state index in [4.69, 9.17) is 14.6 Å². The number of rotatable bonds is 8. The van der Waals surface area contributed by atoms with Gasteiger partial charge < -0.3 is 14.6 Å². The van der Waals surface area contributed by atoms with E-state index < -0.39 is 0 Å². The van der Waals surface area contributed by atoms with Crippen LogP contribution in [0.15, 0.2) is 0 Å². The van der Waals surface area contributed by atoms with Gasteiger partial charge in [-0.2, -0.15) is 0 Å². The van der Waals surface area contributed by atoms with Crippen LogP contribution in [0.25, 0.3) is 0 Å². The minimum atomic E-state index is 0.562. The third kappa shape index (κ3) is 6.54. The fraction of sp³-hybridized carbons (Fsp3) is 0.875. The first-order valence-electron chi connectivity index (χ1n) is 4.01. The van der Waals surface area contributed by atoms with Gasteiger partial charge in [-0.05, 0) is 0 Å². The van der Waals surface area contributed by atoms with E-state index in [1.165, 1.54) is 0 Å². The zero-order valence-corrected chi connectivity index (χ0v) is 7.82. The minimum absolute atomic E-state index is 0.562. The summed E-state index contributed by atoms with van der Waals surface area (Å²) in [4.78, 5) is 2.05. The molecule has 0 aromatic rings. The average molecular weight is 176 g/mol. The van der Waals surface area contributed by atoms with Crippen molar-refractivity contribution in [2.24, 2.45) is 0 Å². The van der Waals surface area contributed by atoms with Crippen molar-refractivity contribution in [2.45, 2.75) is 0 Å². The molecule has 0 bridgehead atoms. The predicted octanol–water partition coefficient (Wildman–Crippen LogP) is 0.115. The van der Waals surface area contributed by atoms with Crippen LogP contribution in [0.4, 0.5) is 0 Å². The molecule has 0 amide bonds. The maximum atomic E-state index is 8.59. The first-order chi connectivity index (χ1) is 5.85. The van der Waals surface area contributed by atoms with Crippen LogP contribution < -0.4 is 0 Å². The molecule has 12 heavy (non-hydrogen) atoms. The number of aliphatic hydroxyl groups is 1. The highest BCUT2D eigenvalue weighted by atomic mass is 16.5. The Morgan fingerprint density at radius 3 is 2.00 bits per heavy atom. The zero-order chi connectivity index (χ0) is 9.23. The number of hydrogen-bond donors (Lipinski definition) is 1. The van der Waals surface area contributed by atoms with Crippen molar-refractivity contribution in [1.82, 2.24) is 4.90 Å². The molecule has 0 aliphatic heterocycles. The fourth-order valence-corrected chi connectivity index (χ4v) is 0.851. The van der Waals surface area contributed by atoms with E-state index >= 15 is 0 Å². The smallest absolute Gasteiger partial charge is 0.0938 e. The maximum Gasteiger partial charge on any atom is 0.0938 e. The Balaban J connectivity index is 3.40. The molecular weight excluding hydrogens is 158 g/mol. The molecule has 1 N–H and O–H groups in total. The van der Waals surface area contributed by atoms with Gasteiger partial charge in [-0.25, -0.2) is 0 Å². The van der Waals surface area contributed by atoms with Crippen LogP contribution in [0.5, 0.6) is 0 Å². The van der Waals surface area contributed by atoms with Crippen LogP contribution in [-0.2, 0) is 9.47 Å². The van der Waals surface area contributed by atoms with Crippen LogP contribution in [0.3, 0.4) is 0 Å². The number of ether oxygens (including phenoxy) is 2. The van der Waals surface area contributed by atoms with Crippen molar-refractivity contribution in [3.8, 4) is 0 Å². The Kier molecular flexibility index (Phi) is 8.81. The van der Waals surface area contributed by atoms with Gasteiger partial charge in [-0.1, -0.05) is 0 Å². The fourth-order valence-electron chi connectivity index (χ4n) is 0.851. The molecule has 0 atom stereocenters. The zero-order valence-electron chi connectivity index (χ0n) is 7.82. The molecular formula is C8H18NO3. The van der Waals surface area contributed by atoms with Gasteiger partial charge in [0.1, 0.15) is 0 Å². The lowest BCUT2D eigenvalue weighted by Crippen LogP contribution is -2.31. The monoisotopic (exact) mass is 176 g/mol. The molecule has 0 fully saturated rings. The van der Waals surface area contributed by atoms with Gasteiger partial charge >= 0.3 is 0 Å². The van der Waals surface area contributed by atoms with Gasteiger partial charge in [-0.3, -0.25) is 4.90 Å². The summed E-state index contributed by atoms with van der Waals surface area (Å²) in [5.74, 6) is 0. The lowest BCUT2D eigenvalue weighted by molar-refractivity contribution is 0.111. The van der Waals surface area contributed by atoms with E-state index in [1.54, 1.807) is 14.2 Å². The highest BCUT2D eigenvalue weighted by Gasteiger charge is 2.02. The summed E-state index contributed by atoms with van der Waals surface area (Å²) in [6, 6.07) is 0. The van der Waals surface area contributed by atoms with Crippen molar-refractivity contribution in [3.63, 3.8) is 0 Å². The Labute approximate surface area is 74.1 Å². The number of methoxy groups -OCH3 is 2. The topological polar surface area (TPSA) is 41.9 Å². The van der Waals surface area contributed by atoms with Crippen molar-refractivity contribution in [2.75, 3.05) is 47.1 Å². The molecule has 0 saturated carbocycles. The lowest BCUT2D eigenvalue weighted by atomic mass is 10.4.